The number of rotatable bonds is 3. The highest BCUT2D eigenvalue weighted by molar-refractivity contribution is 5.78. The van der Waals surface area contributed by atoms with Crippen molar-refractivity contribution in [2.24, 2.45) is 5.73 Å². The summed E-state index contributed by atoms with van der Waals surface area (Å²) in [6.07, 6.45) is 0. The lowest BCUT2D eigenvalue weighted by Crippen LogP contribution is -2.50. The molecular weight excluding hydrogens is 214 g/mol. The topological polar surface area (TPSA) is 58.4 Å². The van der Waals surface area contributed by atoms with Crippen LogP contribution < -0.4 is 11.1 Å². The Morgan fingerprint density at radius 3 is 2.65 bits per heavy atom. The minimum atomic E-state index is -0.298. The molecule has 0 bridgehead atoms. The summed E-state index contributed by atoms with van der Waals surface area (Å²) in [5.74, 6) is 0. The fraction of sp³-hybridized carbons (Fsp3) is 0.462. The van der Waals surface area contributed by atoms with Crippen molar-refractivity contribution in [1.29, 1.82) is 0 Å². The Labute approximate surface area is 102 Å². The molecule has 0 aromatic heterocycles. The molecule has 1 unspecified atom stereocenters. The number of urea groups is 1. The number of nitrogens with two attached hydrogens (primary N) is 1. The summed E-state index contributed by atoms with van der Waals surface area (Å²) < 4.78 is 0. The van der Waals surface area contributed by atoms with E-state index in [1.54, 1.807) is 0 Å². The maximum Gasteiger partial charge on any atom is 0.318 e. The average Bonchev–Trinajstić information content (AvgIpc) is 2.73. The molecule has 1 aliphatic rings. The molecule has 1 aromatic carbocycles. The zero-order valence-electron chi connectivity index (χ0n) is 10.3. The van der Waals surface area contributed by atoms with E-state index in [0.29, 0.717) is 13.1 Å². The van der Waals surface area contributed by atoms with Crippen molar-refractivity contribution in [1.82, 2.24) is 10.2 Å². The molecule has 0 aliphatic carbocycles. The third-order valence-corrected chi connectivity index (χ3v) is 3.34. The zero-order valence-corrected chi connectivity index (χ0v) is 10.3. The lowest BCUT2D eigenvalue weighted by atomic mass is 10.0. The Bertz CT molecular complexity index is 402. The number of amides is 2. The van der Waals surface area contributed by atoms with E-state index in [-0.39, 0.29) is 17.6 Å². The van der Waals surface area contributed by atoms with Gasteiger partial charge in [0.15, 0.2) is 0 Å². The molecule has 0 spiro atoms. The molecule has 1 fully saturated rings. The highest BCUT2D eigenvalue weighted by Gasteiger charge is 2.38. The Hall–Kier alpha value is -1.55. The van der Waals surface area contributed by atoms with E-state index >= 15 is 0 Å². The van der Waals surface area contributed by atoms with Crippen LogP contribution in [0.5, 0.6) is 0 Å². The van der Waals surface area contributed by atoms with Crippen LogP contribution in [0.25, 0.3) is 0 Å². The minimum absolute atomic E-state index is 0.0331. The van der Waals surface area contributed by atoms with Crippen molar-refractivity contribution in [2.75, 3.05) is 13.1 Å². The Balaban J connectivity index is 2.16. The van der Waals surface area contributed by atoms with Gasteiger partial charge in [0.2, 0.25) is 0 Å². The van der Waals surface area contributed by atoms with Crippen LogP contribution in [-0.4, -0.2) is 29.6 Å². The molecule has 17 heavy (non-hydrogen) atoms. The number of benzene rings is 1. The maximum absolute atomic E-state index is 11.9. The van der Waals surface area contributed by atoms with E-state index in [9.17, 15) is 4.79 Å². The van der Waals surface area contributed by atoms with Gasteiger partial charge in [-0.3, -0.25) is 0 Å². The molecule has 2 amide bonds. The van der Waals surface area contributed by atoms with Crippen molar-refractivity contribution >= 4 is 6.03 Å². The van der Waals surface area contributed by atoms with Gasteiger partial charge in [-0.1, -0.05) is 30.3 Å². The second kappa shape index (κ2) is 4.37. The van der Waals surface area contributed by atoms with Gasteiger partial charge in [-0.2, -0.15) is 0 Å². The Morgan fingerprint density at radius 2 is 2.06 bits per heavy atom. The first kappa shape index (κ1) is 11.9. The van der Waals surface area contributed by atoms with E-state index in [4.69, 9.17) is 5.73 Å². The number of nitrogens with one attached hydrogen (secondary N) is 1. The van der Waals surface area contributed by atoms with Crippen molar-refractivity contribution < 1.29 is 4.79 Å². The summed E-state index contributed by atoms with van der Waals surface area (Å²) in [6.45, 7) is 5.11. The third-order valence-electron chi connectivity index (χ3n) is 3.34. The quantitative estimate of drug-likeness (QED) is 0.831. The summed E-state index contributed by atoms with van der Waals surface area (Å²) in [5, 5.41) is 2.99. The largest absolute Gasteiger partial charge is 0.329 e. The zero-order chi connectivity index (χ0) is 12.5. The standard InChI is InChI=1S/C13H19N3O/c1-13(2,9-14)16-8-11(15-12(16)17)10-6-4-3-5-7-10/h3-7,11H,8-9,14H2,1-2H3,(H,15,17). The second-order valence-corrected chi connectivity index (χ2v) is 5.04. The lowest BCUT2D eigenvalue weighted by Gasteiger charge is -2.33. The van der Waals surface area contributed by atoms with E-state index in [0.717, 1.165) is 5.56 Å². The lowest BCUT2D eigenvalue weighted by molar-refractivity contribution is 0.163. The molecule has 4 nitrogen and oxygen atoms in total. The summed E-state index contributed by atoms with van der Waals surface area (Å²) in [7, 11) is 0. The van der Waals surface area contributed by atoms with Crippen LogP contribution in [0.3, 0.4) is 0 Å². The molecule has 1 heterocycles. The molecule has 0 radical (unpaired) electrons. The first-order valence-electron chi connectivity index (χ1n) is 5.88. The van der Waals surface area contributed by atoms with Crippen molar-refractivity contribution in [3.05, 3.63) is 35.9 Å². The van der Waals surface area contributed by atoms with Crippen LogP contribution in [0.15, 0.2) is 30.3 Å². The summed E-state index contributed by atoms with van der Waals surface area (Å²) in [5.41, 5.74) is 6.55. The summed E-state index contributed by atoms with van der Waals surface area (Å²) in [6, 6.07) is 10.0. The molecule has 1 aromatic rings. The van der Waals surface area contributed by atoms with Gasteiger partial charge in [-0.15, -0.1) is 0 Å². The normalized spacial score (nSPS) is 20.5. The van der Waals surface area contributed by atoms with E-state index in [2.05, 4.69) is 5.32 Å². The van der Waals surface area contributed by atoms with Gasteiger partial charge in [0, 0.05) is 13.1 Å². The summed E-state index contributed by atoms with van der Waals surface area (Å²) >= 11 is 0. The van der Waals surface area contributed by atoms with Crippen molar-refractivity contribution in [2.45, 2.75) is 25.4 Å². The predicted octanol–water partition coefficient (Wildman–Crippen LogP) is 1.49. The first-order valence-corrected chi connectivity index (χ1v) is 5.88. The third kappa shape index (κ3) is 2.26. The smallest absolute Gasteiger partial charge is 0.318 e. The van der Waals surface area contributed by atoms with Crippen LogP contribution in [0, 0.1) is 0 Å². The van der Waals surface area contributed by atoms with Gasteiger partial charge in [-0.05, 0) is 19.4 Å². The van der Waals surface area contributed by atoms with Crippen LogP contribution in [0.4, 0.5) is 4.79 Å². The highest BCUT2D eigenvalue weighted by atomic mass is 16.2. The number of hydrogen-bond donors (Lipinski definition) is 2. The molecular formula is C13H19N3O. The molecule has 2 rings (SSSR count). The van der Waals surface area contributed by atoms with Gasteiger partial charge >= 0.3 is 6.03 Å². The van der Waals surface area contributed by atoms with Crippen LogP contribution in [0.2, 0.25) is 0 Å². The Kier molecular flexibility index (Phi) is 3.07. The van der Waals surface area contributed by atoms with Crippen LogP contribution in [0.1, 0.15) is 25.5 Å². The molecule has 1 atom stereocenters. The molecule has 1 saturated heterocycles. The summed E-state index contributed by atoms with van der Waals surface area (Å²) in [4.78, 5) is 13.7. The minimum Gasteiger partial charge on any atom is -0.329 e. The maximum atomic E-state index is 11.9. The van der Waals surface area contributed by atoms with Gasteiger partial charge in [0.05, 0.1) is 11.6 Å². The Morgan fingerprint density at radius 1 is 1.41 bits per heavy atom. The number of carbonyl (C=O) groups excluding carboxylic acids is 1. The van der Waals surface area contributed by atoms with E-state index < -0.39 is 0 Å². The molecule has 4 heteroatoms. The van der Waals surface area contributed by atoms with Gasteiger partial charge in [0.1, 0.15) is 0 Å². The first-order chi connectivity index (χ1) is 8.04. The molecule has 1 aliphatic heterocycles. The SMILES string of the molecule is CC(C)(CN)N1CC(c2ccccc2)NC1=O. The molecule has 0 saturated carbocycles. The fourth-order valence-electron chi connectivity index (χ4n) is 2.04. The van der Waals surface area contributed by atoms with E-state index in [1.807, 2.05) is 49.1 Å². The van der Waals surface area contributed by atoms with Gasteiger partial charge in [-0.25, -0.2) is 4.79 Å². The second-order valence-electron chi connectivity index (χ2n) is 5.04. The average molecular weight is 233 g/mol. The van der Waals surface area contributed by atoms with E-state index in [1.165, 1.54) is 0 Å². The van der Waals surface area contributed by atoms with Crippen molar-refractivity contribution in [3.8, 4) is 0 Å². The highest BCUT2D eigenvalue weighted by Crippen LogP contribution is 2.25. The van der Waals surface area contributed by atoms with Crippen molar-refractivity contribution in [3.63, 3.8) is 0 Å². The molecule has 3 N–H and O–H groups in total. The van der Waals surface area contributed by atoms with Gasteiger partial charge in [0.25, 0.3) is 0 Å². The van der Waals surface area contributed by atoms with Crippen LogP contribution >= 0.6 is 0 Å². The van der Waals surface area contributed by atoms with Crippen LogP contribution in [-0.2, 0) is 0 Å². The molecule has 92 valence electrons. The number of carbonyl (C=O) groups is 1. The predicted molar refractivity (Wildman–Crippen MR) is 67.6 cm³/mol. The number of nitrogens with zero attached hydrogens (tertiary/aromatic N) is 1. The monoisotopic (exact) mass is 233 g/mol. The number of hydrogen-bond acceptors (Lipinski definition) is 2. The fourth-order valence-corrected chi connectivity index (χ4v) is 2.04. The van der Waals surface area contributed by atoms with Gasteiger partial charge < -0.3 is 16.0 Å².